The molecule has 0 saturated carbocycles. The summed E-state index contributed by atoms with van der Waals surface area (Å²) in [4.78, 5) is 0. The lowest BCUT2D eigenvalue weighted by Crippen LogP contribution is -2.16. The van der Waals surface area contributed by atoms with Crippen LogP contribution in [0.1, 0.15) is 25.8 Å². The second-order valence-electron chi connectivity index (χ2n) is 5.33. The molecule has 0 amide bonds. The molecule has 1 fully saturated rings. The van der Waals surface area contributed by atoms with Gasteiger partial charge in [0.05, 0.1) is 12.2 Å². The number of ether oxygens (including phenoxy) is 1. The fraction of sp³-hybridized carbons (Fsp3) is 0.538. The highest BCUT2D eigenvalue weighted by Gasteiger charge is 2.31. The largest absolute Gasteiger partial charge is 0.488 e. The minimum absolute atomic E-state index is 0.0217. The van der Waals surface area contributed by atoms with E-state index >= 15 is 0 Å². The summed E-state index contributed by atoms with van der Waals surface area (Å²) in [5.41, 5.74) is 0.980. The zero-order valence-corrected chi connectivity index (χ0v) is 13.0. The van der Waals surface area contributed by atoms with Gasteiger partial charge in [0.25, 0.3) is 0 Å². The maximum Gasteiger partial charge on any atom is 0.488 e. The molecule has 0 aromatic heterocycles. The molecule has 1 aromatic carbocycles. The van der Waals surface area contributed by atoms with Crippen LogP contribution in [0.5, 0.6) is 5.75 Å². The van der Waals surface area contributed by atoms with Gasteiger partial charge in [-0.1, -0.05) is 16.0 Å². The first kappa shape index (κ1) is 15.6. The van der Waals surface area contributed by atoms with E-state index in [-0.39, 0.29) is 11.4 Å². The maximum atomic E-state index is 12.3. The van der Waals surface area contributed by atoms with E-state index in [1.807, 2.05) is 0 Å². The van der Waals surface area contributed by atoms with Crippen LogP contribution in [0.2, 0.25) is 0 Å². The van der Waals surface area contributed by atoms with Gasteiger partial charge in [0, 0.05) is 11.0 Å². The number of hydrogen-bond acceptors (Lipinski definition) is 5. The van der Waals surface area contributed by atoms with E-state index in [1.165, 1.54) is 12.1 Å². The fourth-order valence-electron chi connectivity index (χ4n) is 2.06. The topological polar surface area (TPSA) is 52.6 Å². The first-order valence-corrected chi connectivity index (χ1v) is 8.58. The zero-order chi connectivity index (χ0) is 14.8. The van der Waals surface area contributed by atoms with E-state index in [9.17, 15) is 12.3 Å². The van der Waals surface area contributed by atoms with Crippen molar-refractivity contribution in [2.75, 3.05) is 6.61 Å². The molecule has 2 rings (SSSR count). The first-order chi connectivity index (χ1) is 9.23. The number of halogens is 1. The molecular weight excluding hydrogens is 303 g/mol. The Balaban J connectivity index is 1.85. The summed E-state index contributed by atoms with van der Waals surface area (Å²) in [5.74, 6) is 0.777. The molecule has 112 valence electrons. The highest BCUT2D eigenvalue weighted by molar-refractivity contribution is 7.99. The van der Waals surface area contributed by atoms with Crippen molar-refractivity contribution in [1.29, 1.82) is 0 Å². The molecular formula is C13H17FO4S2. The van der Waals surface area contributed by atoms with Crippen molar-refractivity contribution >= 4 is 22.3 Å². The predicted molar refractivity (Wildman–Crippen MR) is 76.8 cm³/mol. The van der Waals surface area contributed by atoms with E-state index in [0.29, 0.717) is 5.25 Å². The third-order valence-corrected chi connectivity index (χ3v) is 4.65. The van der Waals surface area contributed by atoms with E-state index in [0.717, 1.165) is 24.3 Å². The number of thioether (sulfide) groups is 1. The third-order valence-electron chi connectivity index (χ3n) is 2.98. The van der Waals surface area contributed by atoms with Crippen LogP contribution in [0.15, 0.2) is 24.3 Å². The lowest BCUT2D eigenvalue weighted by molar-refractivity contribution is 0.0368. The van der Waals surface area contributed by atoms with E-state index in [4.69, 9.17) is 4.74 Å². The average Bonchev–Trinajstić information content (AvgIpc) is 2.66. The highest BCUT2D eigenvalue weighted by atomic mass is 32.3. The Morgan fingerprint density at radius 3 is 2.55 bits per heavy atom. The van der Waals surface area contributed by atoms with Gasteiger partial charge >= 0.3 is 10.5 Å². The van der Waals surface area contributed by atoms with Crippen molar-refractivity contribution in [3.05, 3.63) is 29.8 Å². The summed E-state index contributed by atoms with van der Waals surface area (Å²) in [6, 6.07) is 6.35. The van der Waals surface area contributed by atoms with Gasteiger partial charge in [-0.2, -0.15) is 20.2 Å². The Bertz CT molecular complexity index is 554. The van der Waals surface area contributed by atoms with Crippen LogP contribution in [-0.4, -0.2) is 25.9 Å². The minimum Gasteiger partial charge on any atom is -0.374 e. The molecule has 4 nitrogen and oxygen atoms in total. The quantitative estimate of drug-likeness (QED) is 0.780. The van der Waals surface area contributed by atoms with Crippen LogP contribution in [0.3, 0.4) is 0 Å². The average molecular weight is 320 g/mol. The molecule has 0 bridgehead atoms. The van der Waals surface area contributed by atoms with Crippen molar-refractivity contribution in [1.82, 2.24) is 0 Å². The molecule has 1 heterocycles. The molecule has 1 unspecified atom stereocenters. The summed E-state index contributed by atoms with van der Waals surface area (Å²) in [5, 5.41) is 0.465. The second kappa shape index (κ2) is 5.91. The monoisotopic (exact) mass is 320 g/mol. The highest BCUT2D eigenvalue weighted by Crippen LogP contribution is 2.33. The number of rotatable bonds is 5. The molecule has 1 saturated heterocycles. The van der Waals surface area contributed by atoms with Crippen molar-refractivity contribution < 1.29 is 21.2 Å². The van der Waals surface area contributed by atoms with Crippen molar-refractivity contribution in [2.45, 2.75) is 36.9 Å². The SMILES string of the molecule is CC1(C)CC(SCc2ccc(OS(=O)(=O)F)cc2)CO1. The maximum absolute atomic E-state index is 12.3. The standard InChI is InChI=1S/C13H17FO4S2/c1-13(2)7-12(8-17-13)19-9-10-3-5-11(6-4-10)18-20(14,15)16/h3-6,12H,7-9H2,1-2H3. The van der Waals surface area contributed by atoms with Gasteiger partial charge in [-0.25, -0.2) is 0 Å². The predicted octanol–water partition coefficient (Wildman–Crippen LogP) is 3.08. The fourth-order valence-corrected chi connectivity index (χ4v) is 3.71. The number of hydrogen-bond donors (Lipinski definition) is 0. The molecule has 7 heteroatoms. The molecule has 0 radical (unpaired) electrons. The Morgan fingerprint density at radius 2 is 2.05 bits per heavy atom. The molecule has 1 atom stereocenters. The summed E-state index contributed by atoms with van der Waals surface area (Å²) in [6.07, 6.45) is 1.01. The van der Waals surface area contributed by atoms with Gasteiger partial charge in [-0.3, -0.25) is 0 Å². The van der Waals surface area contributed by atoms with Crippen molar-refractivity contribution in [2.24, 2.45) is 0 Å². The summed E-state index contributed by atoms with van der Waals surface area (Å²) >= 11 is 1.80. The van der Waals surface area contributed by atoms with Crippen LogP contribution in [0.4, 0.5) is 3.89 Å². The minimum atomic E-state index is -4.95. The normalized spacial score (nSPS) is 21.9. The molecule has 20 heavy (non-hydrogen) atoms. The van der Waals surface area contributed by atoms with Gasteiger partial charge in [0.1, 0.15) is 5.75 Å². The zero-order valence-electron chi connectivity index (χ0n) is 11.3. The molecule has 1 aromatic rings. The Hall–Kier alpha value is -0.790. The molecule has 0 spiro atoms. The van der Waals surface area contributed by atoms with Gasteiger partial charge in [0.15, 0.2) is 0 Å². The Labute approximate surface area is 123 Å². The Morgan fingerprint density at radius 1 is 1.40 bits per heavy atom. The van der Waals surface area contributed by atoms with Gasteiger partial charge in [0.2, 0.25) is 0 Å². The van der Waals surface area contributed by atoms with Crippen molar-refractivity contribution in [3.8, 4) is 5.75 Å². The van der Waals surface area contributed by atoms with E-state index in [1.54, 1.807) is 23.9 Å². The van der Waals surface area contributed by atoms with Gasteiger partial charge in [-0.05, 0) is 38.0 Å². The first-order valence-electron chi connectivity index (χ1n) is 6.22. The molecule has 0 aliphatic carbocycles. The van der Waals surface area contributed by atoms with E-state index in [2.05, 4.69) is 18.0 Å². The lowest BCUT2D eigenvalue weighted by atomic mass is 10.1. The van der Waals surface area contributed by atoms with E-state index < -0.39 is 10.5 Å². The van der Waals surface area contributed by atoms with Crippen LogP contribution in [-0.2, 0) is 21.0 Å². The lowest BCUT2D eigenvalue weighted by Gasteiger charge is -2.15. The summed E-state index contributed by atoms with van der Waals surface area (Å²) in [7, 11) is -4.95. The Kier molecular flexibility index (Phi) is 4.61. The number of benzene rings is 1. The van der Waals surface area contributed by atoms with Crippen LogP contribution in [0.25, 0.3) is 0 Å². The summed E-state index contributed by atoms with van der Waals surface area (Å²) in [6.45, 7) is 4.91. The molecule has 0 N–H and O–H groups in total. The molecule has 1 aliphatic heterocycles. The van der Waals surface area contributed by atoms with Gasteiger partial charge in [-0.15, -0.1) is 0 Å². The third kappa shape index (κ3) is 4.96. The molecule has 1 aliphatic rings. The van der Waals surface area contributed by atoms with Gasteiger partial charge < -0.3 is 8.92 Å². The van der Waals surface area contributed by atoms with Crippen LogP contribution < -0.4 is 4.18 Å². The van der Waals surface area contributed by atoms with Crippen molar-refractivity contribution in [3.63, 3.8) is 0 Å². The smallest absolute Gasteiger partial charge is 0.374 e. The van der Waals surface area contributed by atoms with Crippen LogP contribution in [0, 0.1) is 0 Å². The second-order valence-corrected chi connectivity index (χ2v) is 7.57. The summed E-state index contributed by atoms with van der Waals surface area (Å²) < 4.78 is 42.8. The van der Waals surface area contributed by atoms with Crippen LogP contribution >= 0.6 is 11.8 Å².